The average molecular weight is 423 g/mol. The molecule has 2 aromatic rings. The molecule has 156 valence electrons. The number of benzene rings is 2. The summed E-state index contributed by atoms with van der Waals surface area (Å²) in [6, 6.07) is 13.5. The summed E-state index contributed by atoms with van der Waals surface area (Å²) < 4.78 is 0. The molecule has 0 aromatic heterocycles. The van der Waals surface area contributed by atoms with Gasteiger partial charge in [-0.2, -0.15) is 0 Å². The van der Waals surface area contributed by atoms with E-state index < -0.39 is 17.1 Å². The van der Waals surface area contributed by atoms with Gasteiger partial charge in [-0.15, -0.1) is 0 Å². The lowest BCUT2D eigenvalue weighted by molar-refractivity contribution is -0.127. The van der Waals surface area contributed by atoms with E-state index in [4.69, 9.17) is 0 Å². The van der Waals surface area contributed by atoms with Crippen molar-refractivity contribution < 1.29 is 14.4 Å². The molecule has 3 rings (SSSR count). The summed E-state index contributed by atoms with van der Waals surface area (Å²) in [6.07, 6.45) is 1.69. The van der Waals surface area contributed by atoms with E-state index in [2.05, 4.69) is 26.1 Å². The highest BCUT2D eigenvalue weighted by Crippen LogP contribution is 2.32. The van der Waals surface area contributed by atoms with Crippen LogP contribution >= 0.6 is 11.8 Å². The van der Waals surface area contributed by atoms with E-state index in [-0.39, 0.29) is 12.0 Å². The molecule has 1 heterocycles. The standard InChI is InChI=1S/C24H26N2O3S/c1-15-6-11-19(12-16(15)2)25-21(27)14-26-22(28)20(30-23(26)29)13-17-7-9-18(10-8-17)24(3,4)5/h6-13H,14H2,1-5H3,(H,25,27)/b20-13-. The molecule has 5 nitrogen and oxygen atoms in total. The third-order valence-electron chi connectivity index (χ3n) is 5.04. The summed E-state index contributed by atoms with van der Waals surface area (Å²) in [4.78, 5) is 38.6. The van der Waals surface area contributed by atoms with Gasteiger partial charge < -0.3 is 5.32 Å². The van der Waals surface area contributed by atoms with Crippen LogP contribution in [0.1, 0.15) is 43.0 Å². The van der Waals surface area contributed by atoms with Gasteiger partial charge in [-0.1, -0.05) is 51.1 Å². The van der Waals surface area contributed by atoms with Crippen molar-refractivity contribution in [3.05, 3.63) is 69.6 Å². The summed E-state index contributed by atoms with van der Waals surface area (Å²) in [5.74, 6) is -0.850. The second-order valence-corrected chi connectivity index (χ2v) is 9.48. The van der Waals surface area contributed by atoms with Gasteiger partial charge in [-0.25, -0.2) is 0 Å². The minimum Gasteiger partial charge on any atom is -0.325 e. The normalized spacial score (nSPS) is 15.8. The van der Waals surface area contributed by atoms with Crippen molar-refractivity contribution in [1.29, 1.82) is 0 Å². The molecule has 1 aliphatic heterocycles. The highest BCUT2D eigenvalue weighted by Gasteiger charge is 2.36. The van der Waals surface area contributed by atoms with Crippen LogP contribution in [0.25, 0.3) is 6.08 Å². The molecule has 0 radical (unpaired) electrons. The molecular formula is C24H26N2O3S. The van der Waals surface area contributed by atoms with E-state index in [1.165, 1.54) is 5.56 Å². The van der Waals surface area contributed by atoms with Crippen LogP contribution in [0.5, 0.6) is 0 Å². The highest BCUT2D eigenvalue weighted by atomic mass is 32.2. The van der Waals surface area contributed by atoms with Crippen molar-refractivity contribution in [3.63, 3.8) is 0 Å². The van der Waals surface area contributed by atoms with Crippen LogP contribution in [0.2, 0.25) is 0 Å². The zero-order valence-electron chi connectivity index (χ0n) is 17.9. The Kier molecular flexibility index (Phi) is 6.17. The molecule has 0 bridgehead atoms. The number of carbonyl (C=O) groups is 3. The van der Waals surface area contributed by atoms with Crippen LogP contribution in [-0.4, -0.2) is 28.5 Å². The van der Waals surface area contributed by atoms with Crippen molar-refractivity contribution in [3.8, 4) is 0 Å². The fraction of sp³-hybridized carbons (Fsp3) is 0.292. The number of aryl methyl sites for hydroxylation is 2. The molecule has 30 heavy (non-hydrogen) atoms. The Hall–Kier alpha value is -2.86. The molecule has 0 saturated carbocycles. The minimum absolute atomic E-state index is 0.0414. The maximum atomic E-state index is 12.7. The predicted molar refractivity (Wildman–Crippen MR) is 122 cm³/mol. The molecule has 0 atom stereocenters. The predicted octanol–water partition coefficient (Wildman–Crippen LogP) is 5.28. The van der Waals surface area contributed by atoms with Gasteiger partial charge >= 0.3 is 0 Å². The van der Waals surface area contributed by atoms with Crippen molar-refractivity contribution in [2.45, 2.75) is 40.0 Å². The summed E-state index contributed by atoms with van der Waals surface area (Å²) in [7, 11) is 0. The lowest BCUT2D eigenvalue weighted by atomic mass is 9.87. The Morgan fingerprint density at radius 2 is 1.70 bits per heavy atom. The Morgan fingerprint density at radius 1 is 1.03 bits per heavy atom. The van der Waals surface area contributed by atoms with Crippen LogP contribution in [0, 0.1) is 13.8 Å². The van der Waals surface area contributed by atoms with Gasteiger partial charge in [0.05, 0.1) is 4.91 Å². The second kappa shape index (κ2) is 8.48. The smallest absolute Gasteiger partial charge is 0.294 e. The van der Waals surface area contributed by atoms with Gasteiger partial charge in [0.1, 0.15) is 6.54 Å². The first-order chi connectivity index (χ1) is 14.0. The molecule has 2 aromatic carbocycles. The first-order valence-corrected chi connectivity index (χ1v) is 10.6. The molecule has 6 heteroatoms. The molecule has 0 aliphatic carbocycles. The second-order valence-electron chi connectivity index (χ2n) is 8.49. The average Bonchev–Trinajstić information content (AvgIpc) is 2.92. The molecule has 0 unspecified atom stereocenters. The summed E-state index contributed by atoms with van der Waals surface area (Å²) >= 11 is 0.858. The number of amides is 3. The fourth-order valence-electron chi connectivity index (χ4n) is 3.03. The summed E-state index contributed by atoms with van der Waals surface area (Å²) in [5.41, 5.74) is 4.90. The SMILES string of the molecule is Cc1ccc(NC(=O)CN2C(=O)S/C(=C\c3ccc(C(C)(C)C)cc3)C2=O)cc1C. The third kappa shape index (κ3) is 5.00. The number of hydrogen-bond donors (Lipinski definition) is 1. The monoisotopic (exact) mass is 422 g/mol. The van der Waals surface area contributed by atoms with Gasteiger partial charge in [-0.05, 0) is 71.5 Å². The fourth-order valence-corrected chi connectivity index (χ4v) is 3.87. The van der Waals surface area contributed by atoms with Crippen molar-refractivity contribution in [2.75, 3.05) is 11.9 Å². The van der Waals surface area contributed by atoms with Crippen molar-refractivity contribution in [2.24, 2.45) is 0 Å². The topological polar surface area (TPSA) is 66.5 Å². The number of anilines is 1. The van der Waals surface area contributed by atoms with E-state index >= 15 is 0 Å². The lowest BCUT2D eigenvalue weighted by Gasteiger charge is -2.18. The Labute approximate surface area is 181 Å². The number of thioether (sulfide) groups is 1. The van der Waals surface area contributed by atoms with E-state index in [1.807, 2.05) is 50.2 Å². The molecule has 0 spiro atoms. The third-order valence-corrected chi connectivity index (χ3v) is 5.95. The van der Waals surface area contributed by atoms with Crippen LogP contribution in [0.3, 0.4) is 0 Å². The number of nitrogens with one attached hydrogen (secondary N) is 1. The van der Waals surface area contributed by atoms with E-state index in [9.17, 15) is 14.4 Å². The Bertz CT molecular complexity index is 1030. The van der Waals surface area contributed by atoms with Gasteiger partial charge in [0, 0.05) is 5.69 Å². The minimum atomic E-state index is -0.444. The van der Waals surface area contributed by atoms with Gasteiger partial charge in [0.25, 0.3) is 11.1 Å². The van der Waals surface area contributed by atoms with E-state index in [0.29, 0.717) is 10.6 Å². The maximum absolute atomic E-state index is 12.7. The lowest BCUT2D eigenvalue weighted by Crippen LogP contribution is -2.36. The number of carbonyl (C=O) groups excluding carboxylic acids is 3. The number of hydrogen-bond acceptors (Lipinski definition) is 4. The zero-order valence-corrected chi connectivity index (χ0v) is 18.7. The molecule has 1 N–H and O–H groups in total. The highest BCUT2D eigenvalue weighted by molar-refractivity contribution is 8.18. The first-order valence-electron chi connectivity index (χ1n) is 9.77. The molecule has 3 amide bonds. The number of nitrogens with zero attached hydrogens (tertiary/aromatic N) is 1. The van der Waals surface area contributed by atoms with Crippen molar-refractivity contribution in [1.82, 2.24) is 4.90 Å². The summed E-state index contributed by atoms with van der Waals surface area (Å²) in [6.45, 7) is 10.0. The van der Waals surface area contributed by atoms with Crippen molar-refractivity contribution >= 4 is 40.6 Å². The van der Waals surface area contributed by atoms with Crippen LogP contribution in [0.4, 0.5) is 10.5 Å². The largest absolute Gasteiger partial charge is 0.325 e. The zero-order chi connectivity index (χ0) is 22.1. The molecule has 1 saturated heterocycles. The van der Waals surface area contributed by atoms with Gasteiger partial charge in [0.15, 0.2) is 0 Å². The molecular weight excluding hydrogens is 396 g/mol. The Balaban J connectivity index is 1.68. The number of imide groups is 1. The molecule has 1 aliphatic rings. The van der Waals surface area contributed by atoms with E-state index in [0.717, 1.165) is 33.4 Å². The van der Waals surface area contributed by atoms with Gasteiger partial charge in [-0.3, -0.25) is 19.3 Å². The Morgan fingerprint density at radius 3 is 2.30 bits per heavy atom. The quantitative estimate of drug-likeness (QED) is 0.681. The number of rotatable bonds is 4. The van der Waals surface area contributed by atoms with Crippen LogP contribution < -0.4 is 5.32 Å². The van der Waals surface area contributed by atoms with Crippen LogP contribution in [0.15, 0.2) is 47.4 Å². The van der Waals surface area contributed by atoms with Gasteiger partial charge in [0.2, 0.25) is 5.91 Å². The first kappa shape index (κ1) is 21.8. The maximum Gasteiger partial charge on any atom is 0.294 e. The van der Waals surface area contributed by atoms with E-state index in [1.54, 1.807) is 12.1 Å². The molecule has 1 fully saturated rings. The van der Waals surface area contributed by atoms with Crippen LogP contribution in [-0.2, 0) is 15.0 Å². The summed E-state index contributed by atoms with van der Waals surface area (Å²) in [5, 5.41) is 2.31.